The quantitative estimate of drug-likeness (QED) is 0.553. The molecule has 0 aromatic rings. The van der Waals surface area contributed by atoms with Gasteiger partial charge in [0.15, 0.2) is 0 Å². The summed E-state index contributed by atoms with van der Waals surface area (Å²) in [6, 6.07) is 0. The summed E-state index contributed by atoms with van der Waals surface area (Å²) in [5.41, 5.74) is -0.448. The molecule has 0 aliphatic heterocycles. The van der Waals surface area contributed by atoms with E-state index in [1.165, 1.54) is 25.7 Å². The van der Waals surface area contributed by atoms with E-state index < -0.39 is 5.60 Å². The van der Waals surface area contributed by atoms with Crippen molar-refractivity contribution in [3.05, 3.63) is 0 Å². The highest BCUT2D eigenvalue weighted by Gasteiger charge is 2.21. The second-order valence-electron chi connectivity index (χ2n) is 7.40. The van der Waals surface area contributed by atoms with Gasteiger partial charge in [0, 0.05) is 0 Å². The van der Waals surface area contributed by atoms with E-state index >= 15 is 0 Å². The second-order valence-corrected chi connectivity index (χ2v) is 7.40. The van der Waals surface area contributed by atoms with Gasteiger partial charge in [0.05, 0.1) is 5.60 Å². The van der Waals surface area contributed by atoms with Gasteiger partial charge in [0.1, 0.15) is 0 Å². The number of aliphatic hydroxyl groups is 1. The van der Waals surface area contributed by atoms with Crippen LogP contribution in [0.1, 0.15) is 86.5 Å². The lowest BCUT2D eigenvalue weighted by molar-refractivity contribution is 0.0305. The fourth-order valence-corrected chi connectivity index (χ4v) is 2.30. The summed E-state index contributed by atoms with van der Waals surface area (Å²) >= 11 is 0. The Morgan fingerprint density at radius 3 is 1.78 bits per heavy atom. The first-order valence-electron chi connectivity index (χ1n) is 7.95. The molecule has 0 aliphatic carbocycles. The van der Waals surface area contributed by atoms with Crippen LogP contribution in [0.2, 0.25) is 0 Å². The predicted molar refractivity (Wildman–Crippen MR) is 81.8 cm³/mol. The molecule has 0 heterocycles. The molecule has 18 heavy (non-hydrogen) atoms. The Hall–Kier alpha value is -0.0400. The maximum atomic E-state index is 10.3. The van der Waals surface area contributed by atoms with Gasteiger partial charge in [-0.3, -0.25) is 0 Å². The van der Waals surface area contributed by atoms with E-state index in [1.54, 1.807) is 0 Å². The summed E-state index contributed by atoms with van der Waals surface area (Å²) in [7, 11) is 0. The zero-order valence-electron chi connectivity index (χ0n) is 13.6. The molecule has 0 aromatic carbocycles. The van der Waals surface area contributed by atoms with E-state index in [1.807, 2.05) is 6.92 Å². The van der Waals surface area contributed by atoms with Crippen molar-refractivity contribution in [3.8, 4) is 0 Å². The monoisotopic (exact) mass is 256 g/mol. The van der Waals surface area contributed by atoms with Crippen LogP contribution in [0.3, 0.4) is 0 Å². The van der Waals surface area contributed by atoms with Gasteiger partial charge in [-0.1, -0.05) is 53.9 Å². The van der Waals surface area contributed by atoms with Crippen molar-refractivity contribution in [2.75, 3.05) is 0 Å². The molecule has 0 saturated carbocycles. The fourth-order valence-electron chi connectivity index (χ4n) is 2.30. The third kappa shape index (κ3) is 11.1. The molecular formula is C17H36O. The van der Waals surface area contributed by atoms with Crippen LogP contribution >= 0.6 is 0 Å². The molecule has 110 valence electrons. The smallest absolute Gasteiger partial charge is 0.0620 e. The van der Waals surface area contributed by atoms with Crippen molar-refractivity contribution in [1.82, 2.24) is 0 Å². The molecule has 0 rings (SSSR count). The van der Waals surface area contributed by atoms with Crippen LogP contribution in [0, 0.1) is 17.8 Å². The maximum absolute atomic E-state index is 10.3. The van der Waals surface area contributed by atoms with Crippen molar-refractivity contribution in [3.63, 3.8) is 0 Å². The number of rotatable bonds is 10. The summed E-state index contributed by atoms with van der Waals surface area (Å²) < 4.78 is 0. The molecule has 1 heteroatoms. The third-order valence-electron chi connectivity index (χ3n) is 3.91. The maximum Gasteiger partial charge on any atom is 0.0620 e. The molecule has 2 atom stereocenters. The zero-order chi connectivity index (χ0) is 14.2. The van der Waals surface area contributed by atoms with E-state index in [4.69, 9.17) is 0 Å². The van der Waals surface area contributed by atoms with Crippen LogP contribution in [0.5, 0.6) is 0 Å². The number of hydrogen-bond donors (Lipinski definition) is 1. The highest BCUT2D eigenvalue weighted by Crippen LogP contribution is 2.25. The van der Waals surface area contributed by atoms with Crippen molar-refractivity contribution < 1.29 is 5.11 Å². The van der Waals surface area contributed by atoms with Crippen LogP contribution in [0.15, 0.2) is 0 Å². The lowest BCUT2D eigenvalue weighted by Gasteiger charge is -2.26. The van der Waals surface area contributed by atoms with Crippen LogP contribution in [0.4, 0.5) is 0 Å². The Kier molecular flexibility index (Phi) is 8.94. The molecule has 0 fully saturated rings. The molecule has 0 aliphatic rings. The molecular weight excluding hydrogens is 220 g/mol. The average Bonchev–Trinajstić information content (AvgIpc) is 2.24. The normalized spacial score (nSPS) is 17.2. The highest BCUT2D eigenvalue weighted by molar-refractivity contribution is 4.74. The summed E-state index contributed by atoms with van der Waals surface area (Å²) in [4.78, 5) is 0. The molecule has 0 radical (unpaired) electrons. The Bertz CT molecular complexity index is 194. The standard InChI is InChI=1S/C17H36O/c1-14(2)8-7-9-16(5)11-13-17(6,18)12-10-15(3)4/h14-16,18H,7-13H2,1-6H3/t16-,17?/m1/s1. The molecule has 1 N–H and O–H groups in total. The topological polar surface area (TPSA) is 20.2 Å². The Balaban J connectivity index is 3.71. The molecule has 0 amide bonds. The average molecular weight is 256 g/mol. The Morgan fingerprint density at radius 2 is 1.28 bits per heavy atom. The summed E-state index contributed by atoms with van der Waals surface area (Å²) in [6.07, 6.45) is 8.21. The van der Waals surface area contributed by atoms with Gasteiger partial charge in [-0.15, -0.1) is 0 Å². The van der Waals surface area contributed by atoms with E-state index in [0.29, 0.717) is 5.92 Å². The third-order valence-corrected chi connectivity index (χ3v) is 3.91. The van der Waals surface area contributed by atoms with E-state index in [0.717, 1.165) is 31.1 Å². The van der Waals surface area contributed by atoms with Crippen LogP contribution in [0.25, 0.3) is 0 Å². The van der Waals surface area contributed by atoms with Crippen LogP contribution in [-0.2, 0) is 0 Å². The van der Waals surface area contributed by atoms with Crippen molar-refractivity contribution >= 4 is 0 Å². The number of hydrogen-bond acceptors (Lipinski definition) is 1. The first-order valence-corrected chi connectivity index (χ1v) is 7.95. The van der Waals surface area contributed by atoms with E-state index in [9.17, 15) is 5.11 Å². The van der Waals surface area contributed by atoms with Gasteiger partial charge in [-0.2, -0.15) is 0 Å². The van der Waals surface area contributed by atoms with Crippen LogP contribution in [-0.4, -0.2) is 10.7 Å². The second kappa shape index (κ2) is 8.96. The van der Waals surface area contributed by atoms with Crippen molar-refractivity contribution in [2.24, 2.45) is 17.8 Å². The minimum Gasteiger partial charge on any atom is -0.390 e. The minimum atomic E-state index is -0.448. The molecule has 0 aromatic heterocycles. The fraction of sp³-hybridized carbons (Fsp3) is 1.00. The SMILES string of the molecule is CC(C)CCC[C@@H](C)CCC(C)(O)CCC(C)C. The van der Waals surface area contributed by atoms with Gasteiger partial charge in [-0.05, 0) is 50.4 Å². The predicted octanol–water partition coefficient (Wildman–Crippen LogP) is 5.42. The lowest BCUT2D eigenvalue weighted by atomic mass is 9.87. The summed E-state index contributed by atoms with van der Waals surface area (Å²) in [6.45, 7) is 13.4. The van der Waals surface area contributed by atoms with E-state index in [-0.39, 0.29) is 0 Å². The molecule has 1 unspecified atom stereocenters. The van der Waals surface area contributed by atoms with E-state index in [2.05, 4.69) is 34.6 Å². The van der Waals surface area contributed by atoms with Crippen LogP contribution < -0.4 is 0 Å². The lowest BCUT2D eigenvalue weighted by Crippen LogP contribution is -2.25. The first kappa shape index (κ1) is 18.0. The molecule has 1 nitrogen and oxygen atoms in total. The van der Waals surface area contributed by atoms with Gasteiger partial charge in [0.25, 0.3) is 0 Å². The van der Waals surface area contributed by atoms with Gasteiger partial charge in [-0.25, -0.2) is 0 Å². The Labute approximate surface area is 115 Å². The Morgan fingerprint density at radius 1 is 0.778 bits per heavy atom. The van der Waals surface area contributed by atoms with Gasteiger partial charge < -0.3 is 5.11 Å². The molecule has 0 spiro atoms. The summed E-state index contributed by atoms with van der Waals surface area (Å²) in [5.74, 6) is 2.28. The molecule has 0 saturated heterocycles. The largest absolute Gasteiger partial charge is 0.390 e. The van der Waals surface area contributed by atoms with Gasteiger partial charge in [0.2, 0.25) is 0 Å². The highest BCUT2D eigenvalue weighted by atomic mass is 16.3. The van der Waals surface area contributed by atoms with Gasteiger partial charge >= 0.3 is 0 Å². The van der Waals surface area contributed by atoms with Crippen molar-refractivity contribution in [2.45, 2.75) is 92.1 Å². The minimum absolute atomic E-state index is 0.448. The first-order chi connectivity index (χ1) is 8.23. The summed E-state index contributed by atoms with van der Waals surface area (Å²) in [5, 5.41) is 10.3. The molecule has 0 bridgehead atoms. The zero-order valence-corrected chi connectivity index (χ0v) is 13.6. The van der Waals surface area contributed by atoms with Crippen molar-refractivity contribution in [1.29, 1.82) is 0 Å².